The minimum Gasteiger partial charge on any atom is -0.337 e. The maximum atomic E-state index is 12.8. The Morgan fingerprint density at radius 1 is 1.21 bits per heavy atom. The van der Waals surface area contributed by atoms with E-state index in [4.69, 9.17) is 0 Å². The van der Waals surface area contributed by atoms with E-state index in [0.717, 1.165) is 36.9 Å². The smallest absolute Gasteiger partial charge is 0.275 e. The molecule has 0 radical (unpaired) electrons. The Morgan fingerprint density at radius 2 is 2.00 bits per heavy atom. The van der Waals surface area contributed by atoms with Crippen molar-refractivity contribution in [2.24, 2.45) is 0 Å². The van der Waals surface area contributed by atoms with Gasteiger partial charge in [0.2, 0.25) is 0 Å². The zero-order chi connectivity index (χ0) is 13.2. The first-order chi connectivity index (χ1) is 9.24. The average Bonchev–Trinajstić information content (AvgIpc) is 2.60. The fourth-order valence-corrected chi connectivity index (χ4v) is 2.37. The van der Waals surface area contributed by atoms with Crippen molar-refractivity contribution in [2.45, 2.75) is 25.8 Å². The predicted molar refractivity (Wildman–Crippen MR) is 72.6 cm³/mol. The maximum absolute atomic E-state index is 12.8. The molecule has 0 bridgehead atoms. The van der Waals surface area contributed by atoms with E-state index < -0.39 is 0 Å². The van der Waals surface area contributed by atoms with E-state index >= 15 is 0 Å². The van der Waals surface area contributed by atoms with Crippen molar-refractivity contribution >= 4 is 12.2 Å². The number of aromatic amines is 1. The molecule has 0 amide bonds. The van der Waals surface area contributed by atoms with Gasteiger partial charge >= 0.3 is 0 Å². The lowest BCUT2D eigenvalue weighted by molar-refractivity contribution is 0.609. The van der Waals surface area contributed by atoms with E-state index in [1.54, 1.807) is 22.8 Å². The third-order valence-electron chi connectivity index (χ3n) is 3.38. The molecule has 0 fully saturated rings. The van der Waals surface area contributed by atoms with Crippen LogP contribution >= 0.6 is 0 Å². The van der Waals surface area contributed by atoms with Crippen LogP contribution in [0.3, 0.4) is 0 Å². The SMILES string of the molecule is O=c1c(=Cc2ccc(F)cc2)[nH]c2n1CCCCC=2. The number of rotatable bonds is 1. The molecule has 3 rings (SSSR count). The van der Waals surface area contributed by atoms with Crippen molar-refractivity contribution in [3.63, 3.8) is 0 Å². The molecular weight excluding hydrogens is 243 g/mol. The molecule has 0 atom stereocenters. The first-order valence-corrected chi connectivity index (χ1v) is 6.50. The first kappa shape index (κ1) is 12.0. The quantitative estimate of drug-likeness (QED) is 0.817. The molecule has 2 heterocycles. The lowest BCUT2D eigenvalue weighted by Crippen LogP contribution is -2.31. The third-order valence-corrected chi connectivity index (χ3v) is 3.38. The molecule has 1 aromatic carbocycles. The lowest BCUT2D eigenvalue weighted by atomic mass is 10.2. The van der Waals surface area contributed by atoms with E-state index in [9.17, 15) is 9.18 Å². The van der Waals surface area contributed by atoms with Gasteiger partial charge in [0.15, 0.2) is 0 Å². The standard InChI is InChI=1S/C15H15FN2O/c16-12-7-5-11(6-8-12)10-13-15(19)18-9-3-1-2-4-14(18)17-13/h4-8,10,17H,1-3,9H2. The number of H-pyrrole nitrogens is 1. The summed E-state index contributed by atoms with van der Waals surface area (Å²) in [6.07, 6.45) is 6.97. The fourth-order valence-electron chi connectivity index (χ4n) is 2.37. The number of halogens is 1. The lowest BCUT2D eigenvalue weighted by Gasteiger charge is -1.95. The van der Waals surface area contributed by atoms with Gasteiger partial charge in [-0.05, 0) is 49.1 Å². The van der Waals surface area contributed by atoms with Crippen LogP contribution in [-0.2, 0) is 6.54 Å². The summed E-state index contributed by atoms with van der Waals surface area (Å²) in [6.45, 7) is 0.762. The molecule has 1 aliphatic heterocycles. The molecule has 1 aromatic heterocycles. The van der Waals surface area contributed by atoms with Crippen molar-refractivity contribution < 1.29 is 4.39 Å². The number of hydrogen-bond donors (Lipinski definition) is 1. The van der Waals surface area contributed by atoms with Gasteiger partial charge in [-0.25, -0.2) is 4.39 Å². The van der Waals surface area contributed by atoms with E-state index in [0.29, 0.717) is 5.35 Å². The minimum atomic E-state index is -0.274. The molecule has 0 unspecified atom stereocenters. The Kier molecular flexibility index (Phi) is 3.07. The van der Waals surface area contributed by atoms with E-state index in [2.05, 4.69) is 11.1 Å². The van der Waals surface area contributed by atoms with Crippen LogP contribution in [0.5, 0.6) is 0 Å². The average molecular weight is 258 g/mol. The van der Waals surface area contributed by atoms with Gasteiger partial charge in [0.25, 0.3) is 5.56 Å². The van der Waals surface area contributed by atoms with Crippen LogP contribution in [0.15, 0.2) is 29.1 Å². The van der Waals surface area contributed by atoms with Crippen molar-refractivity contribution in [1.82, 2.24) is 9.55 Å². The van der Waals surface area contributed by atoms with Crippen LogP contribution in [0, 0.1) is 5.82 Å². The summed E-state index contributed by atoms with van der Waals surface area (Å²) >= 11 is 0. The minimum absolute atomic E-state index is 0.00234. The number of hydrogen-bond acceptors (Lipinski definition) is 1. The number of aromatic nitrogens is 2. The van der Waals surface area contributed by atoms with Gasteiger partial charge in [-0.1, -0.05) is 12.1 Å². The molecule has 0 saturated carbocycles. The summed E-state index contributed by atoms with van der Waals surface area (Å²) in [5, 5.41) is 0.555. The molecule has 4 heteroatoms. The second-order valence-electron chi connectivity index (χ2n) is 4.78. The molecule has 3 nitrogen and oxygen atoms in total. The van der Waals surface area contributed by atoms with Gasteiger partial charge in [0, 0.05) is 6.54 Å². The van der Waals surface area contributed by atoms with E-state index in [1.807, 2.05) is 0 Å². The molecule has 19 heavy (non-hydrogen) atoms. The Labute approximate surface area is 109 Å². The van der Waals surface area contributed by atoms with Crippen molar-refractivity contribution in [1.29, 1.82) is 0 Å². The maximum Gasteiger partial charge on any atom is 0.275 e. The van der Waals surface area contributed by atoms with E-state index in [1.165, 1.54) is 12.1 Å². The normalized spacial score (nSPS) is 15.7. The molecular formula is C15H15FN2O. The number of imidazole rings is 1. The monoisotopic (exact) mass is 258 g/mol. The summed E-state index contributed by atoms with van der Waals surface area (Å²) in [5.74, 6) is -0.274. The van der Waals surface area contributed by atoms with Crippen LogP contribution in [-0.4, -0.2) is 9.55 Å². The molecule has 1 N–H and O–H groups in total. The van der Waals surface area contributed by atoms with Crippen molar-refractivity contribution in [2.75, 3.05) is 0 Å². The second kappa shape index (κ2) is 4.88. The van der Waals surface area contributed by atoms with Crippen LogP contribution in [0.25, 0.3) is 12.2 Å². The van der Waals surface area contributed by atoms with Gasteiger partial charge < -0.3 is 4.98 Å². The Morgan fingerprint density at radius 3 is 2.79 bits per heavy atom. The zero-order valence-corrected chi connectivity index (χ0v) is 10.5. The molecule has 98 valence electrons. The summed E-state index contributed by atoms with van der Waals surface area (Å²) < 4.78 is 14.6. The van der Waals surface area contributed by atoms with Crippen LogP contribution in [0.2, 0.25) is 0 Å². The summed E-state index contributed by atoms with van der Waals surface area (Å²) in [7, 11) is 0. The summed E-state index contributed by atoms with van der Waals surface area (Å²) in [5.41, 5.74) is 1.70. The zero-order valence-electron chi connectivity index (χ0n) is 10.5. The van der Waals surface area contributed by atoms with Crippen LogP contribution < -0.4 is 16.4 Å². The van der Waals surface area contributed by atoms with Crippen molar-refractivity contribution in [3.05, 3.63) is 56.8 Å². The Hall–Kier alpha value is -2.10. The van der Waals surface area contributed by atoms with Gasteiger partial charge in [-0.15, -0.1) is 0 Å². The Bertz CT molecular complexity index is 753. The molecule has 0 spiro atoms. The first-order valence-electron chi connectivity index (χ1n) is 6.50. The molecule has 2 aromatic rings. The summed E-state index contributed by atoms with van der Waals surface area (Å²) in [4.78, 5) is 15.4. The topological polar surface area (TPSA) is 37.8 Å². The van der Waals surface area contributed by atoms with Crippen LogP contribution in [0.1, 0.15) is 24.8 Å². The van der Waals surface area contributed by atoms with Crippen LogP contribution in [0.4, 0.5) is 4.39 Å². The number of nitrogens with one attached hydrogen (secondary N) is 1. The van der Waals surface area contributed by atoms with Gasteiger partial charge in [0.1, 0.15) is 16.6 Å². The largest absolute Gasteiger partial charge is 0.337 e. The van der Waals surface area contributed by atoms with Gasteiger partial charge in [-0.3, -0.25) is 9.36 Å². The molecule has 1 aliphatic rings. The molecule has 0 saturated heterocycles. The second-order valence-corrected chi connectivity index (χ2v) is 4.78. The molecule has 0 aliphatic carbocycles. The Balaban J connectivity index is 2.14. The third kappa shape index (κ3) is 2.38. The highest BCUT2D eigenvalue weighted by molar-refractivity contribution is 5.47. The highest BCUT2D eigenvalue weighted by Gasteiger charge is 2.05. The predicted octanol–water partition coefficient (Wildman–Crippen LogP) is 1.11. The fraction of sp³-hybridized carbons (Fsp3) is 0.267. The summed E-state index contributed by atoms with van der Waals surface area (Å²) in [6, 6.07) is 6.11. The number of nitrogens with zero attached hydrogens (tertiary/aromatic N) is 1. The van der Waals surface area contributed by atoms with Gasteiger partial charge in [0.05, 0.1) is 0 Å². The van der Waals surface area contributed by atoms with Crippen molar-refractivity contribution in [3.8, 4) is 0 Å². The highest BCUT2D eigenvalue weighted by Crippen LogP contribution is 2.03. The van der Waals surface area contributed by atoms with Gasteiger partial charge in [-0.2, -0.15) is 0 Å². The number of benzene rings is 1. The highest BCUT2D eigenvalue weighted by atomic mass is 19.1. The van der Waals surface area contributed by atoms with E-state index in [-0.39, 0.29) is 11.4 Å². The number of fused-ring (bicyclic) bond motifs is 1.